The van der Waals surface area contributed by atoms with Gasteiger partial charge in [0.25, 0.3) is 5.91 Å². The fourth-order valence-electron chi connectivity index (χ4n) is 2.77. The normalized spacial score (nSPS) is 11.9. The standard InChI is InChI=1S/C22H27NO4S/c1-15(2)13-17-6-8-18(9-7-17)16(3)23-21(25)14-27-22(26)11-10-19(24)20-5-4-12-28-20/h4-9,12,15-16H,10-11,13-14H2,1-3H3,(H,23,25)/t16-/m1/s1. The van der Waals surface area contributed by atoms with E-state index in [0.717, 1.165) is 12.0 Å². The van der Waals surface area contributed by atoms with Crippen LogP contribution in [0.3, 0.4) is 0 Å². The number of carbonyl (C=O) groups excluding carboxylic acids is 3. The minimum atomic E-state index is -0.550. The van der Waals surface area contributed by atoms with Gasteiger partial charge in [0, 0.05) is 6.42 Å². The van der Waals surface area contributed by atoms with E-state index < -0.39 is 5.97 Å². The van der Waals surface area contributed by atoms with Crippen molar-refractivity contribution in [3.05, 3.63) is 57.8 Å². The molecule has 28 heavy (non-hydrogen) atoms. The van der Waals surface area contributed by atoms with E-state index in [-0.39, 0.29) is 37.2 Å². The lowest BCUT2D eigenvalue weighted by Gasteiger charge is -2.15. The fourth-order valence-corrected chi connectivity index (χ4v) is 3.47. The van der Waals surface area contributed by atoms with Crippen molar-refractivity contribution >= 4 is 29.0 Å². The highest BCUT2D eigenvalue weighted by atomic mass is 32.1. The summed E-state index contributed by atoms with van der Waals surface area (Å²) in [5.74, 6) is -0.411. The van der Waals surface area contributed by atoms with Gasteiger partial charge in [-0.15, -0.1) is 11.3 Å². The Balaban J connectivity index is 1.71. The van der Waals surface area contributed by atoms with Crippen molar-refractivity contribution in [3.8, 4) is 0 Å². The Kier molecular flexibility index (Phi) is 8.39. The predicted molar refractivity (Wildman–Crippen MR) is 110 cm³/mol. The first-order valence-corrected chi connectivity index (χ1v) is 10.3. The molecule has 0 spiro atoms. The smallest absolute Gasteiger partial charge is 0.306 e. The molecule has 0 fully saturated rings. The maximum absolute atomic E-state index is 12.0. The van der Waals surface area contributed by atoms with Gasteiger partial charge in [0.15, 0.2) is 12.4 Å². The number of hydrogen-bond acceptors (Lipinski definition) is 5. The van der Waals surface area contributed by atoms with Gasteiger partial charge < -0.3 is 10.1 Å². The molecular weight excluding hydrogens is 374 g/mol. The molecule has 1 aromatic carbocycles. The molecule has 0 bridgehead atoms. The summed E-state index contributed by atoms with van der Waals surface area (Å²) < 4.78 is 4.97. The summed E-state index contributed by atoms with van der Waals surface area (Å²) in [5, 5.41) is 4.63. The molecule has 0 aliphatic heterocycles. The van der Waals surface area contributed by atoms with Gasteiger partial charge in [-0.05, 0) is 41.8 Å². The van der Waals surface area contributed by atoms with Crippen molar-refractivity contribution in [1.82, 2.24) is 5.32 Å². The summed E-state index contributed by atoms with van der Waals surface area (Å²) in [4.78, 5) is 36.2. The number of amides is 1. The summed E-state index contributed by atoms with van der Waals surface area (Å²) in [6, 6.07) is 11.5. The monoisotopic (exact) mass is 401 g/mol. The van der Waals surface area contributed by atoms with Crippen molar-refractivity contribution in [2.75, 3.05) is 6.61 Å². The first-order chi connectivity index (χ1) is 13.3. The zero-order chi connectivity index (χ0) is 20.5. The summed E-state index contributed by atoms with van der Waals surface area (Å²) >= 11 is 1.34. The van der Waals surface area contributed by atoms with E-state index in [4.69, 9.17) is 4.74 Å². The number of Topliss-reactive ketones (excluding diaryl/α,β-unsaturated/α-hetero) is 1. The highest BCUT2D eigenvalue weighted by Crippen LogP contribution is 2.16. The van der Waals surface area contributed by atoms with Crippen molar-refractivity contribution in [2.45, 2.75) is 46.1 Å². The molecule has 0 unspecified atom stereocenters. The third kappa shape index (κ3) is 7.27. The summed E-state index contributed by atoms with van der Waals surface area (Å²) in [6.07, 6.45) is 1.07. The van der Waals surface area contributed by atoms with Gasteiger partial charge in [-0.1, -0.05) is 44.2 Å². The topological polar surface area (TPSA) is 72.5 Å². The van der Waals surface area contributed by atoms with Gasteiger partial charge >= 0.3 is 5.97 Å². The molecule has 6 heteroatoms. The van der Waals surface area contributed by atoms with E-state index in [9.17, 15) is 14.4 Å². The summed E-state index contributed by atoms with van der Waals surface area (Å²) in [6.45, 7) is 5.89. The van der Waals surface area contributed by atoms with Gasteiger partial charge in [-0.2, -0.15) is 0 Å². The van der Waals surface area contributed by atoms with Crippen LogP contribution in [0.4, 0.5) is 0 Å². The molecule has 0 radical (unpaired) electrons. The number of nitrogens with one attached hydrogen (secondary N) is 1. The molecule has 0 saturated carbocycles. The van der Waals surface area contributed by atoms with E-state index in [1.165, 1.54) is 16.9 Å². The largest absolute Gasteiger partial charge is 0.456 e. The van der Waals surface area contributed by atoms with E-state index in [1.54, 1.807) is 12.1 Å². The lowest BCUT2D eigenvalue weighted by molar-refractivity contribution is -0.148. The second-order valence-corrected chi connectivity index (χ2v) is 8.14. The lowest BCUT2D eigenvalue weighted by atomic mass is 10.00. The Morgan fingerprint density at radius 3 is 2.36 bits per heavy atom. The maximum atomic E-state index is 12.0. The molecule has 150 valence electrons. The number of thiophene rings is 1. The van der Waals surface area contributed by atoms with Crippen LogP contribution in [-0.4, -0.2) is 24.3 Å². The van der Waals surface area contributed by atoms with Crippen molar-refractivity contribution in [3.63, 3.8) is 0 Å². The highest BCUT2D eigenvalue weighted by molar-refractivity contribution is 7.12. The molecule has 2 rings (SSSR count). The van der Waals surface area contributed by atoms with E-state index in [2.05, 4.69) is 31.3 Å². The minimum Gasteiger partial charge on any atom is -0.456 e. The van der Waals surface area contributed by atoms with Crippen LogP contribution in [0.25, 0.3) is 0 Å². The van der Waals surface area contributed by atoms with Gasteiger partial charge in [0.05, 0.1) is 17.3 Å². The van der Waals surface area contributed by atoms with Crippen LogP contribution in [0.2, 0.25) is 0 Å². The van der Waals surface area contributed by atoms with Crippen LogP contribution in [0.5, 0.6) is 0 Å². The Labute approximate surface area is 170 Å². The molecule has 1 atom stereocenters. The number of esters is 1. The minimum absolute atomic E-state index is 0.0309. The fraction of sp³-hybridized carbons (Fsp3) is 0.409. The molecule has 1 N–H and O–H groups in total. The van der Waals surface area contributed by atoms with Crippen LogP contribution in [0, 0.1) is 5.92 Å². The molecule has 2 aromatic rings. The second-order valence-electron chi connectivity index (χ2n) is 7.19. The quantitative estimate of drug-likeness (QED) is 0.475. The number of hydrogen-bond donors (Lipinski definition) is 1. The van der Waals surface area contributed by atoms with Crippen LogP contribution >= 0.6 is 11.3 Å². The number of ketones is 1. The Hall–Kier alpha value is -2.47. The first kappa shape index (κ1) is 21.8. The van der Waals surface area contributed by atoms with Crippen LogP contribution < -0.4 is 5.32 Å². The van der Waals surface area contributed by atoms with Gasteiger partial charge in [0.2, 0.25) is 0 Å². The number of benzene rings is 1. The zero-order valence-corrected chi connectivity index (χ0v) is 17.4. The molecule has 0 saturated heterocycles. The third-order valence-corrected chi connectivity index (χ3v) is 5.13. The first-order valence-electron chi connectivity index (χ1n) is 9.45. The van der Waals surface area contributed by atoms with Crippen molar-refractivity contribution in [1.29, 1.82) is 0 Å². The van der Waals surface area contributed by atoms with Crippen LogP contribution in [-0.2, 0) is 20.7 Å². The SMILES string of the molecule is CC(C)Cc1ccc([C@@H](C)NC(=O)COC(=O)CCC(=O)c2cccs2)cc1. The molecule has 1 aromatic heterocycles. The molecule has 0 aliphatic carbocycles. The molecule has 1 heterocycles. The number of carbonyl (C=O) groups is 3. The Morgan fingerprint density at radius 2 is 1.75 bits per heavy atom. The average molecular weight is 402 g/mol. The molecule has 0 aliphatic rings. The van der Waals surface area contributed by atoms with E-state index >= 15 is 0 Å². The van der Waals surface area contributed by atoms with Crippen molar-refractivity contribution < 1.29 is 19.1 Å². The average Bonchev–Trinajstić information content (AvgIpc) is 3.19. The maximum Gasteiger partial charge on any atom is 0.306 e. The molecular formula is C22H27NO4S. The van der Waals surface area contributed by atoms with Gasteiger partial charge in [-0.25, -0.2) is 0 Å². The molecule has 1 amide bonds. The second kappa shape index (κ2) is 10.8. The highest BCUT2D eigenvalue weighted by Gasteiger charge is 2.14. The van der Waals surface area contributed by atoms with E-state index in [0.29, 0.717) is 10.8 Å². The lowest BCUT2D eigenvalue weighted by Crippen LogP contribution is -2.31. The summed E-state index contributed by atoms with van der Waals surface area (Å²) in [5.41, 5.74) is 2.26. The number of rotatable bonds is 10. The van der Waals surface area contributed by atoms with Gasteiger partial charge in [0.1, 0.15) is 0 Å². The third-order valence-electron chi connectivity index (χ3n) is 4.22. The zero-order valence-electron chi connectivity index (χ0n) is 16.6. The summed E-state index contributed by atoms with van der Waals surface area (Å²) in [7, 11) is 0. The van der Waals surface area contributed by atoms with Gasteiger partial charge in [-0.3, -0.25) is 14.4 Å². The molecule has 5 nitrogen and oxygen atoms in total. The Morgan fingerprint density at radius 1 is 1.04 bits per heavy atom. The van der Waals surface area contributed by atoms with Crippen LogP contribution in [0.1, 0.15) is 60.5 Å². The van der Waals surface area contributed by atoms with E-state index in [1.807, 2.05) is 24.4 Å². The van der Waals surface area contributed by atoms with Crippen LogP contribution in [0.15, 0.2) is 41.8 Å². The van der Waals surface area contributed by atoms with Crippen molar-refractivity contribution in [2.24, 2.45) is 5.92 Å². The predicted octanol–water partition coefficient (Wildman–Crippen LogP) is 4.33. The number of ether oxygens (including phenoxy) is 1. The Bertz CT molecular complexity index is 781.